The van der Waals surface area contributed by atoms with E-state index < -0.39 is 0 Å². The number of nitrogens with zero attached hydrogens (tertiary/aromatic N) is 1. The Morgan fingerprint density at radius 1 is 1.26 bits per heavy atom. The van der Waals surface area contributed by atoms with Gasteiger partial charge in [0.25, 0.3) is 0 Å². The van der Waals surface area contributed by atoms with Gasteiger partial charge < -0.3 is 10.4 Å². The molecule has 0 aliphatic heterocycles. The quantitative estimate of drug-likeness (QED) is 0.741. The van der Waals surface area contributed by atoms with Crippen molar-refractivity contribution in [3.8, 4) is 0 Å². The Bertz CT molecular complexity index is 263. The van der Waals surface area contributed by atoms with Gasteiger partial charge in [-0.3, -0.25) is 9.69 Å². The van der Waals surface area contributed by atoms with E-state index in [1.807, 2.05) is 6.92 Å². The van der Waals surface area contributed by atoms with E-state index in [9.17, 15) is 9.90 Å². The Balaban J connectivity index is 2.55. The number of aliphatic hydroxyl groups excluding tert-OH is 1. The van der Waals surface area contributed by atoms with Crippen LogP contribution in [0.1, 0.15) is 52.9 Å². The molecular weight excluding hydrogens is 240 g/mol. The van der Waals surface area contributed by atoms with Crippen LogP contribution in [0, 0.1) is 5.92 Å². The smallest absolute Gasteiger partial charge is 0.237 e. The number of rotatable bonds is 7. The minimum atomic E-state index is -0.144. The van der Waals surface area contributed by atoms with Gasteiger partial charge in [-0.25, -0.2) is 0 Å². The minimum absolute atomic E-state index is 0.0905. The van der Waals surface area contributed by atoms with Gasteiger partial charge in [-0.15, -0.1) is 0 Å². The summed E-state index contributed by atoms with van der Waals surface area (Å²) in [5.41, 5.74) is 0. The van der Waals surface area contributed by atoms with Crippen LogP contribution >= 0.6 is 0 Å². The highest BCUT2D eigenvalue weighted by Gasteiger charge is 2.28. The van der Waals surface area contributed by atoms with Crippen LogP contribution in [-0.2, 0) is 4.79 Å². The van der Waals surface area contributed by atoms with Crippen LogP contribution in [-0.4, -0.2) is 47.7 Å². The Morgan fingerprint density at radius 2 is 1.89 bits per heavy atom. The maximum Gasteiger partial charge on any atom is 0.237 e. The van der Waals surface area contributed by atoms with Crippen LogP contribution in [0.3, 0.4) is 0 Å². The van der Waals surface area contributed by atoms with Crippen molar-refractivity contribution in [2.24, 2.45) is 5.92 Å². The molecule has 4 nitrogen and oxygen atoms in total. The van der Waals surface area contributed by atoms with Crippen molar-refractivity contribution >= 4 is 5.91 Å². The summed E-state index contributed by atoms with van der Waals surface area (Å²) in [7, 11) is 0. The molecule has 2 N–H and O–H groups in total. The molecule has 1 fully saturated rings. The summed E-state index contributed by atoms with van der Waals surface area (Å²) in [5, 5.41) is 12.2. The molecule has 1 rings (SSSR count). The number of amides is 1. The number of hydrogen-bond acceptors (Lipinski definition) is 3. The third kappa shape index (κ3) is 5.49. The van der Waals surface area contributed by atoms with E-state index in [-0.39, 0.29) is 18.6 Å². The Kier molecular flexibility index (Phi) is 7.39. The van der Waals surface area contributed by atoms with Crippen LogP contribution in [0.5, 0.6) is 0 Å². The van der Waals surface area contributed by atoms with Crippen LogP contribution in [0.4, 0.5) is 0 Å². The Morgan fingerprint density at radius 3 is 2.42 bits per heavy atom. The molecule has 0 aromatic rings. The molecule has 1 atom stereocenters. The molecule has 1 saturated carbocycles. The van der Waals surface area contributed by atoms with Crippen molar-refractivity contribution in [2.75, 3.05) is 19.7 Å². The van der Waals surface area contributed by atoms with E-state index in [0.29, 0.717) is 18.5 Å². The Hall–Kier alpha value is -0.610. The summed E-state index contributed by atoms with van der Waals surface area (Å²) < 4.78 is 0. The minimum Gasteiger partial charge on any atom is -0.395 e. The first-order valence-electron chi connectivity index (χ1n) is 7.70. The predicted octanol–water partition coefficient (Wildman–Crippen LogP) is 1.77. The number of nitrogens with one attached hydrogen (secondary N) is 1. The normalized spacial score (nSPS) is 18.8. The van der Waals surface area contributed by atoms with Crippen LogP contribution in [0.2, 0.25) is 0 Å². The Labute approximate surface area is 117 Å². The van der Waals surface area contributed by atoms with Gasteiger partial charge in [0.15, 0.2) is 0 Å². The van der Waals surface area contributed by atoms with Crippen molar-refractivity contribution in [1.82, 2.24) is 10.2 Å². The van der Waals surface area contributed by atoms with Gasteiger partial charge in [0, 0.05) is 19.1 Å². The molecule has 0 spiro atoms. The van der Waals surface area contributed by atoms with E-state index >= 15 is 0 Å². The molecule has 1 aliphatic rings. The molecule has 1 unspecified atom stereocenters. The average molecular weight is 270 g/mol. The summed E-state index contributed by atoms with van der Waals surface area (Å²) in [6, 6.07) is 0.315. The molecular formula is C15H30N2O2. The van der Waals surface area contributed by atoms with E-state index in [1.54, 1.807) is 0 Å². The molecule has 0 radical (unpaired) electrons. The van der Waals surface area contributed by atoms with E-state index in [2.05, 4.69) is 24.1 Å². The predicted molar refractivity (Wildman–Crippen MR) is 78.0 cm³/mol. The zero-order valence-electron chi connectivity index (χ0n) is 12.7. The van der Waals surface area contributed by atoms with Gasteiger partial charge in [0.1, 0.15) is 0 Å². The average Bonchev–Trinajstić information content (AvgIpc) is 2.42. The molecule has 4 heteroatoms. The zero-order valence-corrected chi connectivity index (χ0v) is 12.7. The van der Waals surface area contributed by atoms with Crippen LogP contribution in [0.25, 0.3) is 0 Å². The first-order valence-corrected chi connectivity index (χ1v) is 7.70. The highest BCUT2D eigenvalue weighted by Crippen LogP contribution is 2.24. The molecule has 1 amide bonds. The molecule has 0 saturated heterocycles. The van der Waals surface area contributed by atoms with Crippen molar-refractivity contribution in [3.05, 3.63) is 0 Å². The lowest BCUT2D eigenvalue weighted by molar-refractivity contribution is -0.127. The van der Waals surface area contributed by atoms with E-state index in [1.165, 1.54) is 19.3 Å². The third-order valence-corrected chi connectivity index (χ3v) is 3.96. The summed E-state index contributed by atoms with van der Waals surface area (Å²) in [6.07, 6.45) is 6.10. The maximum absolute atomic E-state index is 12.2. The van der Waals surface area contributed by atoms with Gasteiger partial charge in [-0.05, 0) is 25.7 Å². The number of aliphatic hydroxyl groups is 1. The molecule has 0 heterocycles. The van der Waals surface area contributed by atoms with Gasteiger partial charge in [0.2, 0.25) is 5.91 Å². The second kappa shape index (κ2) is 8.54. The second-order valence-electron chi connectivity index (χ2n) is 6.07. The molecule has 0 bridgehead atoms. The first kappa shape index (κ1) is 16.4. The van der Waals surface area contributed by atoms with Crippen LogP contribution in [0.15, 0.2) is 0 Å². The summed E-state index contributed by atoms with van der Waals surface area (Å²) in [5.74, 6) is 0.560. The standard InChI is InChI=1S/C15H30N2O2/c1-12(2)11-16-15(19)13(3)17(9-10-18)14-7-5-4-6-8-14/h12-14,18H,4-11H2,1-3H3,(H,16,19). The van der Waals surface area contributed by atoms with Gasteiger partial charge in [0.05, 0.1) is 12.6 Å². The molecule has 0 aromatic heterocycles. The van der Waals surface area contributed by atoms with Gasteiger partial charge >= 0.3 is 0 Å². The van der Waals surface area contributed by atoms with Crippen molar-refractivity contribution in [2.45, 2.75) is 65.0 Å². The highest BCUT2D eigenvalue weighted by atomic mass is 16.3. The van der Waals surface area contributed by atoms with Gasteiger partial charge in [-0.1, -0.05) is 33.1 Å². The number of carbonyl (C=O) groups is 1. The number of carbonyl (C=O) groups excluding carboxylic acids is 1. The molecule has 1 aliphatic carbocycles. The zero-order chi connectivity index (χ0) is 14.3. The van der Waals surface area contributed by atoms with Crippen molar-refractivity contribution < 1.29 is 9.90 Å². The molecule has 0 aromatic carbocycles. The number of hydrogen-bond donors (Lipinski definition) is 2. The fraction of sp³-hybridized carbons (Fsp3) is 0.933. The van der Waals surface area contributed by atoms with Gasteiger partial charge in [-0.2, -0.15) is 0 Å². The third-order valence-electron chi connectivity index (χ3n) is 3.96. The van der Waals surface area contributed by atoms with Crippen LogP contribution < -0.4 is 5.32 Å². The van der Waals surface area contributed by atoms with Crippen molar-refractivity contribution in [1.29, 1.82) is 0 Å². The monoisotopic (exact) mass is 270 g/mol. The fourth-order valence-corrected chi connectivity index (χ4v) is 2.82. The van der Waals surface area contributed by atoms with E-state index in [4.69, 9.17) is 0 Å². The largest absolute Gasteiger partial charge is 0.395 e. The highest BCUT2D eigenvalue weighted by molar-refractivity contribution is 5.81. The summed E-state index contributed by atoms with van der Waals surface area (Å²) in [4.78, 5) is 14.4. The fourth-order valence-electron chi connectivity index (χ4n) is 2.82. The first-order chi connectivity index (χ1) is 9.06. The topological polar surface area (TPSA) is 52.6 Å². The lowest BCUT2D eigenvalue weighted by Crippen LogP contribution is -2.51. The maximum atomic E-state index is 12.2. The summed E-state index contributed by atoms with van der Waals surface area (Å²) in [6.45, 7) is 7.59. The molecule has 112 valence electrons. The summed E-state index contributed by atoms with van der Waals surface area (Å²) >= 11 is 0. The van der Waals surface area contributed by atoms with E-state index in [0.717, 1.165) is 19.4 Å². The molecule has 19 heavy (non-hydrogen) atoms. The second-order valence-corrected chi connectivity index (χ2v) is 6.07. The lowest BCUT2D eigenvalue weighted by atomic mass is 9.93. The van der Waals surface area contributed by atoms with Crippen molar-refractivity contribution in [3.63, 3.8) is 0 Å². The lowest BCUT2D eigenvalue weighted by Gasteiger charge is -2.37. The SMILES string of the molecule is CC(C)CNC(=O)C(C)N(CCO)C1CCCCC1.